The monoisotopic (exact) mass is 254 g/mol. The molecule has 0 aromatic carbocycles. The quantitative estimate of drug-likeness (QED) is 0.277. The number of allylic oxidation sites excluding steroid dienone is 1. The van der Waals surface area contributed by atoms with Gasteiger partial charge in [-0.05, 0) is 19.3 Å². The van der Waals surface area contributed by atoms with E-state index in [0.29, 0.717) is 6.61 Å². The molecule has 0 radical (unpaired) electrons. The van der Waals surface area contributed by atoms with Crippen molar-refractivity contribution in [3.8, 4) is 0 Å². The molecule has 0 aromatic heterocycles. The smallest absolute Gasteiger partial charge is 0.330 e. The zero-order valence-corrected chi connectivity index (χ0v) is 12.2. The van der Waals surface area contributed by atoms with Gasteiger partial charge in [0, 0.05) is 6.08 Å². The molecule has 0 bridgehead atoms. The third-order valence-corrected chi connectivity index (χ3v) is 2.97. The zero-order chi connectivity index (χ0) is 13.5. The highest BCUT2D eigenvalue weighted by atomic mass is 16.5. The molecule has 0 saturated heterocycles. The number of unbranched alkanes of at least 4 members (excludes halogenated alkanes) is 8. The van der Waals surface area contributed by atoms with E-state index in [9.17, 15) is 4.79 Å². The molecule has 0 rings (SSSR count). The summed E-state index contributed by atoms with van der Waals surface area (Å²) in [6.45, 7) is 4.94. The maximum atomic E-state index is 11.3. The summed E-state index contributed by atoms with van der Waals surface area (Å²) in [5.74, 6) is -0.183. The summed E-state index contributed by atoms with van der Waals surface area (Å²) in [6, 6.07) is 0. The fourth-order valence-electron chi connectivity index (χ4n) is 1.80. The molecule has 0 amide bonds. The van der Waals surface area contributed by atoms with Crippen LogP contribution in [0.1, 0.15) is 78.1 Å². The molecule has 2 nitrogen and oxygen atoms in total. The topological polar surface area (TPSA) is 26.3 Å². The Hall–Kier alpha value is -0.790. The Kier molecular flexibility index (Phi) is 13.6. The number of carbonyl (C=O) groups excluding carboxylic acids is 1. The van der Waals surface area contributed by atoms with Gasteiger partial charge in [-0.1, -0.05) is 64.9 Å². The number of carbonyl (C=O) groups is 1. The first-order chi connectivity index (χ1) is 8.81. The van der Waals surface area contributed by atoms with Crippen LogP contribution in [0.5, 0.6) is 0 Å². The molecule has 0 unspecified atom stereocenters. The van der Waals surface area contributed by atoms with Crippen LogP contribution in [-0.4, -0.2) is 12.6 Å². The van der Waals surface area contributed by atoms with Crippen LogP contribution in [0.15, 0.2) is 12.2 Å². The highest BCUT2D eigenvalue weighted by Crippen LogP contribution is 2.07. The Morgan fingerprint density at radius 1 is 0.889 bits per heavy atom. The molecule has 0 atom stereocenters. The van der Waals surface area contributed by atoms with Crippen molar-refractivity contribution >= 4 is 5.97 Å². The first kappa shape index (κ1) is 17.2. The third kappa shape index (κ3) is 13.3. The molecule has 0 N–H and O–H groups in total. The summed E-state index contributed by atoms with van der Waals surface area (Å²) in [4.78, 5) is 11.3. The summed E-state index contributed by atoms with van der Waals surface area (Å²) in [5, 5.41) is 0. The molecular formula is C16H30O2. The summed E-state index contributed by atoms with van der Waals surface area (Å²) >= 11 is 0. The molecule has 0 saturated carbocycles. The zero-order valence-electron chi connectivity index (χ0n) is 12.2. The number of esters is 1. The minimum atomic E-state index is -0.183. The second-order valence-corrected chi connectivity index (χ2v) is 4.83. The van der Waals surface area contributed by atoms with Crippen LogP contribution in [-0.2, 0) is 9.53 Å². The molecule has 0 aliphatic heterocycles. The van der Waals surface area contributed by atoms with Crippen molar-refractivity contribution in [1.29, 1.82) is 0 Å². The van der Waals surface area contributed by atoms with E-state index in [1.165, 1.54) is 38.5 Å². The van der Waals surface area contributed by atoms with Gasteiger partial charge in [-0.2, -0.15) is 0 Å². The molecule has 0 fully saturated rings. The third-order valence-electron chi connectivity index (χ3n) is 2.97. The van der Waals surface area contributed by atoms with Gasteiger partial charge in [0.15, 0.2) is 0 Å². The largest absolute Gasteiger partial charge is 0.463 e. The standard InChI is InChI=1S/C16H30O2/c1-3-5-7-8-9-10-11-12-14-16(17)18-15-13-6-4-2/h12,14H,3-11,13,15H2,1-2H3. The summed E-state index contributed by atoms with van der Waals surface area (Å²) in [6.07, 6.45) is 15.6. The van der Waals surface area contributed by atoms with Gasteiger partial charge in [-0.15, -0.1) is 0 Å². The maximum Gasteiger partial charge on any atom is 0.330 e. The van der Waals surface area contributed by atoms with Crippen molar-refractivity contribution in [1.82, 2.24) is 0 Å². The lowest BCUT2D eigenvalue weighted by molar-refractivity contribution is -0.137. The van der Waals surface area contributed by atoms with Crippen LogP contribution in [0.4, 0.5) is 0 Å². The first-order valence-corrected chi connectivity index (χ1v) is 7.64. The number of ether oxygens (including phenoxy) is 1. The summed E-state index contributed by atoms with van der Waals surface area (Å²) < 4.78 is 5.08. The first-order valence-electron chi connectivity index (χ1n) is 7.64. The highest BCUT2D eigenvalue weighted by Gasteiger charge is 1.95. The number of rotatable bonds is 12. The molecule has 18 heavy (non-hydrogen) atoms. The summed E-state index contributed by atoms with van der Waals surface area (Å²) in [5.41, 5.74) is 0. The van der Waals surface area contributed by atoms with Crippen molar-refractivity contribution in [2.75, 3.05) is 6.61 Å². The van der Waals surface area contributed by atoms with Crippen molar-refractivity contribution in [3.63, 3.8) is 0 Å². The van der Waals surface area contributed by atoms with E-state index >= 15 is 0 Å². The van der Waals surface area contributed by atoms with E-state index in [1.54, 1.807) is 6.08 Å². The lowest BCUT2D eigenvalue weighted by Gasteiger charge is -2.00. The van der Waals surface area contributed by atoms with E-state index in [4.69, 9.17) is 4.74 Å². The predicted molar refractivity (Wildman–Crippen MR) is 77.6 cm³/mol. The minimum absolute atomic E-state index is 0.183. The number of hydrogen-bond donors (Lipinski definition) is 0. The van der Waals surface area contributed by atoms with Crippen molar-refractivity contribution in [2.24, 2.45) is 0 Å². The van der Waals surface area contributed by atoms with Gasteiger partial charge in [0.05, 0.1) is 6.61 Å². The lowest BCUT2D eigenvalue weighted by Crippen LogP contribution is -2.01. The second-order valence-electron chi connectivity index (χ2n) is 4.83. The van der Waals surface area contributed by atoms with E-state index in [2.05, 4.69) is 13.8 Å². The summed E-state index contributed by atoms with van der Waals surface area (Å²) in [7, 11) is 0. The Morgan fingerprint density at radius 3 is 2.22 bits per heavy atom. The van der Waals surface area contributed by atoms with Gasteiger partial charge in [0.1, 0.15) is 0 Å². The SMILES string of the molecule is CCCCCCCCC=CC(=O)OCCCCC. The van der Waals surface area contributed by atoms with Crippen LogP contribution >= 0.6 is 0 Å². The molecule has 0 spiro atoms. The Bertz CT molecular complexity index is 209. The van der Waals surface area contributed by atoms with Gasteiger partial charge in [0.25, 0.3) is 0 Å². The van der Waals surface area contributed by atoms with Crippen molar-refractivity contribution in [3.05, 3.63) is 12.2 Å². The van der Waals surface area contributed by atoms with Gasteiger partial charge < -0.3 is 4.74 Å². The van der Waals surface area contributed by atoms with Gasteiger partial charge in [0.2, 0.25) is 0 Å². The Balaban J connectivity index is 3.27. The number of hydrogen-bond acceptors (Lipinski definition) is 2. The van der Waals surface area contributed by atoms with Gasteiger partial charge in [-0.25, -0.2) is 4.79 Å². The molecule has 0 aliphatic rings. The van der Waals surface area contributed by atoms with E-state index in [1.807, 2.05) is 6.08 Å². The predicted octanol–water partition coefficient (Wildman–Crippen LogP) is 5.03. The van der Waals surface area contributed by atoms with Crippen LogP contribution in [0, 0.1) is 0 Å². The normalized spacial score (nSPS) is 11.0. The van der Waals surface area contributed by atoms with Crippen molar-refractivity contribution < 1.29 is 9.53 Å². The Morgan fingerprint density at radius 2 is 1.50 bits per heavy atom. The van der Waals surface area contributed by atoms with Crippen LogP contribution in [0.3, 0.4) is 0 Å². The van der Waals surface area contributed by atoms with Crippen LogP contribution in [0.25, 0.3) is 0 Å². The molecule has 0 aromatic rings. The van der Waals surface area contributed by atoms with Crippen LogP contribution in [0.2, 0.25) is 0 Å². The van der Waals surface area contributed by atoms with E-state index < -0.39 is 0 Å². The molecule has 2 heteroatoms. The van der Waals surface area contributed by atoms with E-state index in [-0.39, 0.29) is 5.97 Å². The fraction of sp³-hybridized carbons (Fsp3) is 0.812. The Labute approximate surface area is 113 Å². The molecule has 0 heterocycles. The maximum absolute atomic E-state index is 11.3. The van der Waals surface area contributed by atoms with Crippen molar-refractivity contribution in [2.45, 2.75) is 78.1 Å². The second kappa shape index (κ2) is 14.3. The molecule has 0 aliphatic carbocycles. The van der Waals surface area contributed by atoms with Crippen LogP contribution < -0.4 is 0 Å². The highest BCUT2D eigenvalue weighted by molar-refractivity contribution is 5.81. The average Bonchev–Trinajstić information content (AvgIpc) is 2.38. The minimum Gasteiger partial charge on any atom is -0.463 e. The molecular weight excluding hydrogens is 224 g/mol. The lowest BCUT2D eigenvalue weighted by atomic mass is 10.1. The van der Waals surface area contributed by atoms with Gasteiger partial charge in [-0.3, -0.25) is 0 Å². The molecule has 106 valence electrons. The fourth-order valence-corrected chi connectivity index (χ4v) is 1.80. The van der Waals surface area contributed by atoms with Gasteiger partial charge >= 0.3 is 5.97 Å². The van der Waals surface area contributed by atoms with E-state index in [0.717, 1.165) is 25.7 Å². The average molecular weight is 254 g/mol.